The van der Waals surface area contributed by atoms with Gasteiger partial charge in [0, 0.05) is 5.69 Å². The van der Waals surface area contributed by atoms with Gasteiger partial charge >= 0.3 is 5.97 Å². The van der Waals surface area contributed by atoms with E-state index < -0.39 is 30.5 Å². The van der Waals surface area contributed by atoms with E-state index in [1.807, 2.05) is 6.07 Å². The molecule has 8 heteroatoms. The summed E-state index contributed by atoms with van der Waals surface area (Å²) in [5.74, 6) is -1.12. The van der Waals surface area contributed by atoms with Crippen molar-refractivity contribution in [3.63, 3.8) is 0 Å². The number of carbonyl (C=O) groups is 2. The number of aliphatic carboxylic acids is 1. The fraction of sp³-hybridized carbons (Fsp3) is 0.130. The van der Waals surface area contributed by atoms with Gasteiger partial charge in [0.1, 0.15) is 23.4 Å². The van der Waals surface area contributed by atoms with Gasteiger partial charge in [-0.15, -0.1) is 0 Å². The minimum absolute atomic E-state index is 0.0368. The van der Waals surface area contributed by atoms with Gasteiger partial charge in [-0.3, -0.25) is 9.69 Å². The first-order chi connectivity index (χ1) is 14.9. The number of carboxylic acid groups (broad SMARTS) is 1. The highest BCUT2D eigenvalue weighted by atomic mass is 35.5. The summed E-state index contributed by atoms with van der Waals surface area (Å²) in [6, 6.07) is 19.2. The number of carbonyl (C=O) groups excluding carboxylic acids is 1. The number of amides is 1. The summed E-state index contributed by atoms with van der Waals surface area (Å²) in [7, 11) is 0. The summed E-state index contributed by atoms with van der Waals surface area (Å²) in [4.78, 5) is 25.1. The van der Waals surface area contributed by atoms with E-state index >= 15 is 0 Å². The Morgan fingerprint density at radius 3 is 2.39 bits per heavy atom. The number of β-lactam (4-membered cyclic amide) rings is 1. The van der Waals surface area contributed by atoms with Gasteiger partial charge in [0.25, 0.3) is 5.91 Å². The minimum Gasteiger partial charge on any atom is -0.482 e. The number of carboxylic acids is 1. The molecule has 1 aliphatic rings. The first-order valence-electron chi connectivity index (χ1n) is 9.38. The van der Waals surface area contributed by atoms with E-state index in [0.717, 1.165) is 5.56 Å². The van der Waals surface area contributed by atoms with E-state index in [1.54, 1.807) is 54.6 Å². The summed E-state index contributed by atoms with van der Waals surface area (Å²) in [6.07, 6.45) is -0.813. The van der Waals surface area contributed by atoms with Crippen LogP contribution in [0.5, 0.6) is 11.5 Å². The molecular weight excluding hydrogens is 425 g/mol. The Hall–Kier alpha value is -3.58. The maximum Gasteiger partial charge on any atom is 0.341 e. The number of ether oxygens (including phenoxy) is 2. The van der Waals surface area contributed by atoms with Gasteiger partial charge in [-0.2, -0.15) is 0 Å². The van der Waals surface area contributed by atoms with Crippen LogP contribution in [-0.2, 0) is 9.59 Å². The number of rotatable bonds is 7. The second-order valence-electron chi connectivity index (χ2n) is 6.85. The van der Waals surface area contributed by atoms with Crippen molar-refractivity contribution in [2.24, 2.45) is 0 Å². The summed E-state index contributed by atoms with van der Waals surface area (Å²) in [6.45, 7) is -0.461. The minimum atomic E-state index is -1.08. The molecule has 3 aromatic carbocycles. The quantitative estimate of drug-likeness (QED) is 0.547. The van der Waals surface area contributed by atoms with Crippen LogP contribution in [0.15, 0.2) is 72.8 Å². The molecule has 2 atom stereocenters. The van der Waals surface area contributed by atoms with Crippen molar-refractivity contribution in [1.82, 2.24) is 0 Å². The highest BCUT2D eigenvalue weighted by Gasteiger charge is 2.51. The van der Waals surface area contributed by atoms with Gasteiger partial charge < -0.3 is 14.6 Å². The van der Waals surface area contributed by atoms with Crippen molar-refractivity contribution >= 4 is 29.2 Å². The maximum absolute atomic E-state index is 14.0. The number of hydrogen-bond donors (Lipinski definition) is 1. The highest BCUT2D eigenvalue weighted by Crippen LogP contribution is 2.42. The molecule has 1 heterocycles. The number of benzene rings is 3. The van der Waals surface area contributed by atoms with Crippen LogP contribution < -0.4 is 14.4 Å². The molecule has 1 saturated heterocycles. The summed E-state index contributed by atoms with van der Waals surface area (Å²) >= 11 is 5.78. The van der Waals surface area contributed by atoms with Crippen LogP contribution in [0, 0.1) is 5.82 Å². The molecular formula is C23H17ClFNO5. The van der Waals surface area contributed by atoms with Crippen molar-refractivity contribution in [2.75, 3.05) is 11.5 Å². The third-order valence-corrected chi connectivity index (χ3v) is 5.12. The normalized spacial score (nSPS) is 17.7. The van der Waals surface area contributed by atoms with Gasteiger partial charge in [0.15, 0.2) is 6.61 Å². The lowest BCUT2D eigenvalue weighted by Crippen LogP contribution is -2.61. The molecule has 0 spiro atoms. The molecule has 0 aromatic heterocycles. The smallest absolute Gasteiger partial charge is 0.341 e. The molecule has 0 aliphatic carbocycles. The van der Waals surface area contributed by atoms with Crippen LogP contribution in [0.1, 0.15) is 11.6 Å². The van der Waals surface area contributed by atoms with Gasteiger partial charge in [0.05, 0.1) is 5.02 Å². The molecule has 0 saturated carbocycles. The lowest BCUT2D eigenvalue weighted by molar-refractivity contribution is -0.139. The van der Waals surface area contributed by atoms with Gasteiger partial charge in [-0.25, -0.2) is 9.18 Å². The van der Waals surface area contributed by atoms with Crippen molar-refractivity contribution in [1.29, 1.82) is 0 Å². The molecule has 3 aromatic rings. The molecule has 158 valence electrons. The zero-order valence-corrected chi connectivity index (χ0v) is 16.8. The highest BCUT2D eigenvalue weighted by molar-refractivity contribution is 6.30. The maximum atomic E-state index is 14.0. The average molecular weight is 442 g/mol. The molecule has 1 N–H and O–H groups in total. The first kappa shape index (κ1) is 20.7. The van der Waals surface area contributed by atoms with Crippen LogP contribution >= 0.6 is 11.6 Å². The largest absolute Gasteiger partial charge is 0.482 e. The Labute approximate surface area is 182 Å². The molecule has 1 aliphatic heterocycles. The SMILES string of the molecule is O=C(O)COc1ccc(C2C(Oc3ccccc3)C(=O)N2c2ccc(Cl)c(F)c2)cc1. The Bertz CT molecular complexity index is 1110. The van der Waals surface area contributed by atoms with E-state index in [9.17, 15) is 14.0 Å². The third-order valence-electron chi connectivity index (χ3n) is 4.82. The molecule has 1 amide bonds. The molecule has 4 rings (SSSR count). The molecule has 31 heavy (non-hydrogen) atoms. The second-order valence-corrected chi connectivity index (χ2v) is 7.26. The zero-order valence-electron chi connectivity index (χ0n) is 16.1. The average Bonchev–Trinajstić information content (AvgIpc) is 2.77. The predicted octanol–water partition coefficient (Wildman–Crippen LogP) is 4.48. The van der Waals surface area contributed by atoms with Crippen LogP contribution in [-0.4, -0.2) is 29.7 Å². The Morgan fingerprint density at radius 1 is 1.03 bits per heavy atom. The summed E-state index contributed by atoms with van der Waals surface area (Å²) in [5, 5.41) is 8.71. The molecule has 2 unspecified atom stereocenters. The zero-order chi connectivity index (χ0) is 22.0. The Morgan fingerprint density at radius 2 is 1.74 bits per heavy atom. The number of halogens is 2. The van der Waals surface area contributed by atoms with Gasteiger partial charge in [0.2, 0.25) is 6.10 Å². The monoisotopic (exact) mass is 441 g/mol. The summed E-state index contributed by atoms with van der Waals surface area (Å²) in [5.41, 5.74) is 1.08. The topological polar surface area (TPSA) is 76.1 Å². The van der Waals surface area contributed by atoms with Crippen molar-refractivity contribution in [3.05, 3.63) is 89.2 Å². The fourth-order valence-electron chi connectivity index (χ4n) is 3.38. The van der Waals surface area contributed by atoms with Crippen LogP contribution in [0.4, 0.5) is 10.1 Å². The lowest BCUT2D eigenvalue weighted by atomic mass is 9.89. The van der Waals surface area contributed by atoms with Crippen LogP contribution in [0.3, 0.4) is 0 Å². The second kappa shape index (κ2) is 8.65. The number of hydrogen-bond acceptors (Lipinski definition) is 4. The van der Waals surface area contributed by atoms with Crippen LogP contribution in [0.25, 0.3) is 0 Å². The van der Waals surface area contributed by atoms with E-state index in [-0.39, 0.29) is 10.9 Å². The first-order valence-corrected chi connectivity index (χ1v) is 9.76. The van der Waals surface area contributed by atoms with Crippen molar-refractivity contribution in [2.45, 2.75) is 12.1 Å². The summed E-state index contributed by atoms with van der Waals surface area (Å²) < 4.78 is 25.1. The number of nitrogens with zero attached hydrogens (tertiary/aromatic N) is 1. The molecule has 1 fully saturated rings. The van der Waals surface area contributed by atoms with E-state index in [0.29, 0.717) is 17.2 Å². The number of anilines is 1. The van der Waals surface area contributed by atoms with Gasteiger partial charge in [-0.1, -0.05) is 41.9 Å². The lowest BCUT2D eigenvalue weighted by Gasteiger charge is -2.46. The molecule has 6 nitrogen and oxygen atoms in total. The van der Waals surface area contributed by atoms with Crippen molar-refractivity contribution < 1.29 is 28.6 Å². The van der Waals surface area contributed by atoms with E-state index in [4.69, 9.17) is 26.2 Å². The Kier molecular flexibility index (Phi) is 5.77. The van der Waals surface area contributed by atoms with Crippen molar-refractivity contribution in [3.8, 4) is 11.5 Å². The van der Waals surface area contributed by atoms with Crippen LogP contribution in [0.2, 0.25) is 5.02 Å². The predicted molar refractivity (Wildman–Crippen MR) is 112 cm³/mol. The van der Waals surface area contributed by atoms with E-state index in [1.165, 1.54) is 17.0 Å². The molecule has 0 bridgehead atoms. The Balaban J connectivity index is 1.64. The third kappa shape index (κ3) is 4.32. The fourth-order valence-corrected chi connectivity index (χ4v) is 3.49. The standard InChI is InChI=1S/C23H17ClFNO5/c24-18-11-8-15(12-19(18)25)26-21(14-6-9-16(10-7-14)30-13-20(27)28)22(23(26)29)31-17-4-2-1-3-5-17/h1-12,21-22H,13H2,(H,27,28). The van der Waals surface area contributed by atoms with E-state index in [2.05, 4.69) is 0 Å². The number of para-hydroxylation sites is 1. The van der Waals surface area contributed by atoms with Gasteiger partial charge in [-0.05, 0) is 48.0 Å². The molecule has 0 radical (unpaired) electrons.